The van der Waals surface area contributed by atoms with E-state index >= 15 is 0 Å². The first-order chi connectivity index (χ1) is 10.6. The van der Waals surface area contributed by atoms with Crippen LogP contribution in [0.2, 0.25) is 0 Å². The van der Waals surface area contributed by atoms with E-state index in [4.69, 9.17) is 4.42 Å². The zero-order valence-electron chi connectivity index (χ0n) is 13.3. The van der Waals surface area contributed by atoms with Gasteiger partial charge in [-0.1, -0.05) is 41.1 Å². The number of carbonyl (C=O) groups excluding carboxylic acids is 1. The molecule has 1 aliphatic rings. The molecule has 2 aromatic rings. The van der Waals surface area contributed by atoms with Gasteiger partial charge in [-0.25, -0.2) is 0 Å². The van der Waals surface area contributed by atoms with Crippen LogP contribution in [0.5, 0.6) is 0 Å². The predicted octanol–water partition coefficient (Wildman–Crippen LogP) is 4.60. The highest BCUT2D eigenvalue weighted by Gasteiger charge is 2.32. The highest BCUT2D eigenvalue weighted by molar-refractivity contribution is 7.98. The average Bonchev–Trinajstić information content (AvgIpc) is 3.14. The predicted molar refractivity (Wildman–Crippen MR) is 89.4 cm³/mol. The Morgan fingerprint density at radius 3 is 2.59 bits per heavy atom. The van der Waals surface area contributed by atoms with Crippen molar-refractivity contribution in [1.82, 2.24) is 4.90 Å². The number of furan rings is 1. The van der Waals surface area contributed by atoms with Crippen LogP contribution < -0.4 is 0 Å². The zero-order valence-corrected chi connectivity index (χ0v) is 14.1. The van der Waals surface area contributed by atoms with E-state index in [0.29, 0.717) is 5.76 Å². The second-order valence-electron chi connectivity index (χ2n) is 5.90. The van der Waals surface area contributed by atoms with E-state index in [1.165, 1.54) is 28.5 Å². The molecule has 2 heterocycles. The standard InChI is InChI=1S/C18H21NO2S/c1-12-9-13(2)11-14(10-12)15-5-4-8-19(15)18(20)16-6-7-17(21-16)22-3/h6-7,9-11,15H,4-5,8H2,1-3H3. The molecule has 22 heavy (non-hydrogen) atoms. The molecule has 1 fully saturated rings. The quantitative estimate of drug-likeness (QED) is 0.776. The van der Waals surface area contributed by atoms with Gasteiger partial charge >= 0.3 is 0 Å². The van der Waals surface area contributed by atoms with Crippen LogP contribution in [0.25, 0.3) is 0 Å². The lowest BCUT2D eigenvalue weighted by Crippen LogP contribution is -2.30. The number of hydrogen-bond donors (Lipinski definition) is 0. The molecule has 0 bridgehead atoms. The van der Waals surface area contributed by atoms with Gasteiger partial charge in [-0.15, -0.1) is 0 Å². The molecule has 0 aliphatic carbocycles. The average molecular weight is 315 g/mol. The number of benzene rings is 1. The lowest BCUT2D eigenvalue weighted by Gasteiger charge is -2.25. The Balaban J connectivity index is 1.87. The second-order valence-corrected chi connectivity index (χ2v) is 6.71. The van der Waals surface area contributed by atoms with E-state index in [0.717, 1.165) is 24.5 Å². The first kappa shape index (κ1) is 15.2. The summed E-state index contributed by atoms with van der Waals surface area (Å²) in [5.41, 5.74) is 3.73. The minimum Gasteiger partial charge on any atom is -0.445 e. The van der Waals surface area contributed by atoms with E-state index < -0.39 is 0 Å². The topological polar surface area (TPSA) is 33.5 Å². The van der Waals surface area contributed by atoms with Crippen molar-refractivity contribution in [1.29, 1.82) is 0 Å². The van der Waals surface area contributed by atoms with Crippen LogP contribution in [0.4, 0.5) is 0 Å². The Hall–Kier alpha value is -1.68. The molecule has 1 atom stereocenters. The Labute approximate surface area is 135 Å². The minimum absolute atomic E-state index is 0.00181. The van der Waals surface area contributed by atoms with Gasteiger partial charge in [0.15, 0.2) is 10.9 Å². The van der Waals surface area contributed by atoms with Crippen LogP contribution in [-0.4, -0.2) is 23.6 Å². The Bertz CT molecular complexity index is 672. The van der Waals surface area contributed by atoms with E-state index in [9.17, 15) is 4.79 Å². The third kappa shape index (κ3) is 2.93. The van der Waals surface area contributed by atoms with Crippen LogP contribution in [0.3, 0.4) is 0 Å². The van der Waals surface area contributed by atoms with Crippen molar-refractivity contribution in [2.24, 2.45) is 0 Å². The lowest BCUT2D eigenvalue weighted by molar-refractivity contribution is 0.0697. The largest absolute Gasteiger partial charge is 0.445 e. The summed E-state index contributed by atoms with van der Waals surface area (Å²) in [5, 5.41) is 0.783. The molecule has 116 valence electrons. The van der Waals surface area contributed by atoms with Crippen molar-refractivity contribution in [3.05, 3.63) is 52.8 Å². The molecule has 1 unspecified atom stereocenters. The highest BCUT2D eigenvalue weighted by atomic mass is 32.2. The fourth-order valence-electron chi connectivity index (χ4n) is 3.24. The first-order valence-corrected chi connectivity index (χ1v) is 8.84. The molecule has 1 aromatic carbocycles. The van der Waals surface area contributed by atoms with Crippen LogP contribution in [0.15, 0.2) is 39.8 Å². The molecule has 1 saturated heterocycles. The fraction of sp³-hybridized carbons (Fsp3) is 0.389. The normalized spacial score (nSPS) is 18.0. The SMILES string of the molecule is CSc1ccc(C(=O)N2CCCC2c2cc(C)cc(C)c2)o1. The summed E-state index contributed by atoms with van der Waals surface area (Å²) in [5.74, 6) is 0.447. The number of hydrogen-bond acceptors (Lipinski definition) is 3. The summed E-state index contributed by atoms with van der Waals surface area (Å²) in [6.07, 6.45) is 4.01. The molecular weight excluding hydrogens is 294 g/mol. The summed E-state index contributed by atoms with van der Waals surface area (Å²) in [7, 11) is 0. The summed E-state index contributed by atoms with van der Waals surface area (Å²) >= 11 is 1.51. The third-order valence-corrected chi connectivity index (χ3v) is 4.76. The minimum atomic E-state index is 0.00181. The first-order valence-electron chi connectivity index (χ1n) is 7.61. The maximum atomic E-state index is 12.8. The smallest absolute Gasteiger partial charge is 0.290 e. The molecule has 3 rings (SSSR count). The van der Waals surface area contributed by atoms with Crippen molar-refractivity contribution >= 4 is 17.7 Å². The van der Waals surface area contributed by atoms with Gasteiger partial charge in [0.05, 0.1) is 6.04 Å². The number of likely N-dealkylation sites (tertiary alicyclic amines) is 1. The second kappa shape index (κ2) is 6.21. The lowest BCUT2D eigenvalue weighted by atomic mass is 9.99. The third-order valence-electron chi connectivity index (χ3n) is 4.14. The summed E-state index contributed by atoms with van der Waals surface area (Å²) in [6, 6.07) is 10.4. The number of thioether (sulfide) groups is 1. The van der Waals surface area contributed by atoms with Gasteiger partial charge in [-0.2, -0.15) is 0 Å². The Kier molecular flexibility index (Phi) is 4.30. The fourth-order valence-corrected chi connectivity index (χ4v) is 3.62. The Morgan fingerprint density at radius 1 is 1.23 bits per heavy atom. The van der Waals surface area contributed by atoms with Crippen LogP contribution in [0, 0.1) is 13.8 Å². The van der Waals surface area contributed by atoms with Gasteiger partial charge < -0.3 is 9.32 Å². The van der Waals surface area contributed by atoms with Crippen molar-refractivity contribution in [2.45, 2.75) is 37.8 Å². The van der Waals surface area contributed by atoms with Crippen LogP contribution in [-0.2, 0) is 0 Å². The van der Waals surface area contributed by atoms with Gasteiger partial charge in [0.25, 0.3) is 5.91 Å². The number of carbonyl (C=O) groups is 1. The van der Waals surface area contributed by atoms with Gasteiger partial charge in [0.1, 0.15) is 0 Å². The van der Waals surface area contributed by atoms with Crippen molar-refractivity contribution < 1.29 is 9.21 Å². The Morgan fingerprint density at radius 2 is 1.95 bits per heavy atom. The number of amides is 1. The monoisotopic (exact) mass is 315 g/mol. The zero-order chi connectivity index (χ0) is 15.7. The molecule has 0 saturated carbocycles. The van der Waals surface area contributed by atoms with Gasteiger partial charge in [0, 0.05) is 6.54 Å². The molecule has 1 aliphatic heterocycles. The molecule has 3 nitrogen and oxygen atoms in total. The maximum Gasteiger partial charge on any atom is 0.290 e. The number of nitrogens with zero attached hydrogens (tertiary/aromatic N) is 1. The van der Waals surface area contributed by atoms with Crippen LogP contribution >= 0.6 is 11.8 Å². The molecule has 1 aromatic heterocycles. The van der Waals surface area contributed by atoms with E-state index in [1.54, 1.807) is 6.07 Å². The number of aryl methyl sites for hydroxylation is 2. The van der Waals surface area contributed by atoms with E-state index in [2.05, 4.69) is 32.0 Å². The van der Waals surface area contributed by atoms with E-state index in [1.807, 2.05) is 17.2 Å². The molecule has 0 spiro atoms. The van der Waals surface area contributed by atoms with Gasteiger partial charge in [-0.3, -0.25) is 4.79 Å². The van der Waals surface area contributed by atoms with Crippen molar-refractivity contribution in [3.63, 3.8) is 0 Å². The number of rotatable bonds is 3. The molecule has 1 amide bonds. The van der Waals surface area contributed by atoms with E-state index in [-0.39, 0.29) is 11.9 Å². The van der Waals surface area contributed by atoms with Crippen molar-refractivity contribution in [3.8, 4) is 0 Å². The van der Waals surface area contributed by atoms with Gasteiger partial charge in [-0.05, 0) is 50.6 Å². The summed E-state index contributed by atoms with van der Waals surface area (Å²) in [4.78, 5) is 14.7. The van der Waals surface area contributed by atoms with Crippen molar-refractivity contribution in [2.75, 3.05) is 12.8 Å². The molecular formula is C18H21NO2S. The molecule has 0 radical (unpaired) electrons. The van der Waals surface area contributed by atoms with Gasteiger partial charge in [0.2, 0.25) is 0 Å². The molecule has 0 N–H and O–H groups in total. The summed E-state index contributed by atoms with van der Waals surface area (Å²) in [6.45, 7) is 5.01. The highest BCUT2D eigenvalue weighted by Crippen LogP contribution is 2.34. The van der Waals surface area contributed by atoms with Crippen LogP contribution in [0.1, 0.15) is 46.1 Å². The summed E-state index contributed by atoms with van der Waals surface area (Å²) < 4.78 is 5.61. The molecule has 4 heteroatoms. The maximum absolute atomic E-state index is 12.8.